The number of ether oxygens (including phenoxy) is 1. The molecular formula is C11H11ClO2. The Bertz CT molecular complexity index is 334. The fourth-order valence-electron chi connectivity index (χ4n) is 0.941. The summed E-state index contributed by atoms with van der Waals surface area (Å²) in [5.74, 6) is 0.606. The molecule has 0 amide bonds. The van der Waals surface area contributed by atoms with Crippen LogP contribution in [0.5, 0.6) is 5.75 Å². The van der Waals surface area contributed by atoms with Gasteiger partial charge in [0.15, 0.2) is 5.78 Å². The van der Waals surface area contributed by atoms with Gasteiger partial charge >= 0.3 is 0 Å². The van der Waals surface area contributed by atoms with E-state index < -0.39 is 0 Å². The number of hydrogen-bond donors (Lipinski definition) is 0. The fourth-order valence-corrected chi connectivity index (χ4v) is 1.12. The Balaban J connectivity index is 2.45. The maximum Gasteiger partial charge on any atom is 0.173 e. The third kappa shape index (κ3) is 3.62. The molecule has 14 heavy (non-hydrogen) atoms. The average Bonchev–Trinajstić information content (AvgIpc) is 2.15. The molecule has 0 aliphatic carbocycles. The lowest BCUT2D eigenvalue weighted by molar-refractivity contribution is -0.120. The third-order valence-electron chi connectivity index (χ3n) is 1.57. The quantitative estimate of drug-likeness (QED) is 0.699. The van der Waals surface area contributed by atoms with Gasteiger partial charge in [-0.2, -0.15) is 0 Å². The molecule has 1 rings (SSSR count). The lowest BCUT2D eigenvalue weighted by Crippen LogP contribution is -2.09. The molecule has 0 saturated carbocycles. The molecule has 1 aromatic carbocycles. The standard InChI is InChI=1S/C11H11ClO2/c1-2-4-10(13)8-14-11-6-3-5-9(12)7-11/h2-3,5-7H,1,4,8H2. The number of rotatable bonds is 5. The Kier molecular flexibility index (Phi) is 4.20. The van der Waals surface area contributed by atoms with E-state index in [9.17, 15) is 4.79 Å². The molecule has 0 N–H and O–H groups in total. The Labute approximate surface area is 88.1 Å². The van der Waals surface area contributed by atoms with Crippen LogP contribution in [0.2, 0.25) is 5.02 Å². The lowest BCUT2D eigenvalue weighted by Gasteiger charge is -2.04. The van der Waals surface area contributed by atoms with Crippen LogP contribution in [0.1, 0.15) is 6.42 Å². The summed E-state index contributed by atoms with van der Waals surface area (Å²) in [6.07, 6.45) is 1.89. The molecule has 1 aromatic rings. The molecule has 0 unspecified atom stereocenters. The summed E-state index contributed by atoms with van der Waals surface area (Å²) in [5, 5.41) is 0.596. The van der Waals surface area contributed by atoms with Crippen LogP contribution in [0.4, 0.5) is 0 Å². The molecule has 0 radical (unpaired) electrons. The number of halogens is 1. The molecule has 0 bridgehead atoms. The van der Waals surface area contributed by atoms with E-state index in [0.717, 1.165) is 0 Å². The number of hydrogen-bond acceptors (Lipinski definition) is 2. The van der Waals surface area contributed by atoms with Gasteiger partial charge in [0.1, 0.15) is 12.4 Å². The van der Waals surface area contributed by atoms with E-state index in [1.165, 1.54) is 0 Å². The van der Waals surface area contributed by atoms with Crippen molar-refractivity contribution in [3.05, 3.63) is 41.9 Å². The summed E-state index contributed by atoms with van der Waals surface area (Å²) in [4.78, 5) is 11.1. The number of allylic oxidation sites excluding steroid dienone is 1. The van der Waals surface area contributed by atoms with Crippen molar-refractivity contribution in [2.75, 3.05) is 6.61 Å². The Morgan fingerprint density at radius 1 is 1.57 bits per heavy atom. The van der Waals surface area contributed by atoms with Crippen LogP contribution in [0.3, 0.4) is 0 Å². The molecule has 0 atom stereocenters. The smallest absolute Gasteiger partial charge is 0.173 e. The van der Waals surface area contributed by atoms with Crippen molar-refractivity contribution in [1.82, 2.24) is 0 Å². The largest absolute Gasteiger partial charge is 0.486 e. The van der Waals surface area contributed by atoms with Crippen molar-refractivity contribution < 1.29 is 9.53 Å². The predicted molar refractivity (Wildman–Crippen MR) is 56.8 cm³/mol. The molecule has 0 spiro atoms. The molecule has 3 heteroatoms. The van der Waals surface area contributed by atoms with Gasteiger partial charge in [0.05, 0.1) is 0 Å². The van der Waals surface area contributed by atoms with E-state index in [-0.39, 0.29) is 12.4 Å². The molecule has 0 aliphatic rings. The summed E-state index contributed by atoms with van der Waals surface area (Å²) in [6, 6.07) is 6.95. The van der Waals surface area contributed by atoms with Gasteiger partial charge in [0.25, 0.3) is 0 Å². The normalized spacial score (nSPS) is 9.50. The van der Waals surface area contributed by atoms with Crippen LogP contribution in [0.25, 0.3) is 0 Å². The maximum atomic E-state index is 11.1. The average molecular weight is 211 g/mol. The summed E-state index contributed by atoms with van der Waals surface area (Å²) in [6.45, 7) is 3.53. The minimum Gasteiger partial charge on any atom is -0.486 e. The summed E-state index contributed by atoms with van der Waals surface area (Å²) in [5.41, 5.74) is 0. The van der Waals surface area contributed by atoms with Gasteiger partial charge in [-0.3, -0.25) is 4.79 Å². The number of Topliss-reactive ketones (excluding diaryl/α,β-unsaturated/α-hetero) is 1. The van der Waals surface area contributed by atoms with Crippen LogP contribution in [-0.2, 0) is 4.79 Å². The second-order valence-electron chi connectivity index (χ2n) is 2.78. The first-order valence-electron chi connectivity index (χ1n) is 4.23. The van der Waals surface area contributed by atoms with Crippen LogP contribution < -0.4 is 4.74 Å². The highest BCUT2D eigenvalue weighted by molar-refractivity contribution is 6.30. The molecule has 0 fully saturated rings. The highest BCUT2D eigenvalue weighted by Crippen LogP contribution is 2.16. The van der Waals surface area contributed by atoms with Crippen molar-refractivity contribution >= 4 is 17.4 Å². The molecule has 0 aliphatic heterocycles. The summed E-state index contributed by atoms with van der Waals surface area (Å²) in [7, 11) is 0. The first kappa shape index (κ1) is 10.8. The highest BCUT2D eigenvalue weighted by Gasteiger charge is 2.00. The van der Waals surface area contributed by atoms with Crippen molar-refractivity contribution in [1.29, 1.82) is 0 Å². The number of benzene rings is 1. The minimum absolute atomic E-state index is 0.0000227. The van der Waals surface area contributed by atoms with Crippen LogP contribution in [0.15, 0.2) is 36.9 Å². The van der Waals surface area contributed by atoms with Gasteiger partial charge in [-0.05, 0) is 18.2 Å². The Morgan fingerprint density at radius 2 is 2.36 bits per heavy atom. The van der Waals surface area contributed by atoms with E-state index in [2.05, 4.69) is 6.58 Å². The molecule has 0 aromatic heterocycles. The van der Waals surface area contributed by atoms with Crippen molar-refractivity contribution in [2.24, 2.45) is 0 Å². The predicted octanol–water partition coefficient (Wildman–Crippen LogP) is 2.86. The number of carbonyl (C=O) groups excluding carboxylic acids is 1. The Hall–Kier alpha value is -1.28. The molecule has 0 saturated heterocycles. The monoisotopic (exact) mass is 210 g/mol. The minimum atomic E-state index is -0.0000227. The van der Waals surface area contributed by atoms with Crippen LogP contribution in [0, 0.1) is 0 Å². The van der Waals surface area contributed by atoms with E-state index in [4.69, 9.17) is 16.3 Å². The number of carbonyl (C=O) groups is 1. The topological polar surface area (TPSA) is 26.3 Å². The van der Waals surface area contributed by atoms with E-state index in [1.54, 1.807) is 30.3 Å². The second-order valence-corrected chi connectivity index (χ2v) is 3.21. The zero-order chi connectivity index (χ0) is 10.4. The second kappa shape index (κ2) is 5.45. The van der Waals surface area contributed by atoms with Gasteiger partial charge in [-0.25, -0.2) is 0 Å². The van der Waals surface area contributed by atoms with Gasteiger partial charge in [-0.1, -0.05) is 23.7 Å². The highest BCUT2D eigenvalue weighted by atomic mass is 35.5. The fraction of sp³-hybridized carbons (Fsp3) is 0.182. The molecule has 2 nitrogen and oxygen atoms in total. The zero-order valence-corrected chi connectivity index (χ0v) is 8.46. The summed E-state index contributed by atoms with van der Waals surface area (Å²) >= 11 is 5.74. The van der Waals surface area contributed by atoms with Gasteiger partial charge < -0.3 is 4.74 Å². The molecular weight excluding hydrogens is 200 g/mol. The molecule has 0 heterocycles. The third-order valence-corrected chi connectivity index (χ3v) is 1.80. The van der Waals surface area contributed by atoms with Crippen LogP contribution in [-0.4, -0.2) is 12.4 Å². The van der Waals surface area contributed by atoms with Crippen LogP contribution >= 0.6 is 11.6 Å². The first-order chi connectivity index (χ1) is 6.72. The van der Waals surface area contributed by atoms with Crippen molar-refractivity contribution in [2.45, 2.75) is 6.42 Å². The van der Waals surface area contributed by atoms with E-state index in [1.807, 2.05) is 0 Å². The molecule has 74 valence electrons. The van der Waals surface area contributed by atoms with Crippen molar-refractivity contribution in [3.63, 3.8) is 0 Å². The zero-order valence-electron chi connectivity index (χ0n) is 7.70. The first-order valence-corrected chi connectivity index (χ1v) is 4.61. The maximum absolute atomic E-state index is 11.1. The van der Waals surface area contributed by atoms with Gasteiger partial charge in [0.2, 0.25) is 0 Å². The van der Waals surface area contributed by atoms with Gasteiger partial charge in [-0.15, -0.1) is 6.58 Å². The van der Waals surface area contributed by atoms with E-state index >= 15 is 0 Å². The van der Waals surface area contributed by atoms with Gasteiger partial charge in [0, 0.05) is 11.4 Å². The number of ketones is 1. The van der Waals surface area contributed by atoms with E-state index in [0.29, 0.717) is 17.2 Å². The lowest BCUT2D eigenvalue weighted by atomic mass is 10.3. The Morgan fingerprint density at radius 3 is 3.00 bits per heavy atom. The van der Waals surface area contributed by atoms with Crippen molar-refractivity contribution in [3.8, 4) is 5.75 Å². The summed E-state index contributed by atoms with van der Waals surface area (Å²) < 4.78 is 5.22. The SMILES string of the molecule is C=CCC(=O)COc1cccc(Cl)c1.